The van der Waals surface area contributed by atoms with Crippen LogP contribution in [0.1, 0.15) is 51.6 Å². The molecule has 1 aromatic heterocycles. The van der Waals surface area contributed by atoms with Gasteiger partial charge in [-0.05, 0) is 74.2 Å². The van der Waals surface area contributed by atoms with Gasteiger partial charge in [0.1, 0.15) is 0 Å². The fourth-order valence-electron chi connectivity index (χ4n) is 5.48. The zero-order chi connectivity index (χ0) is 26.8. The van der Waals surface area contributed by atoms with Crippen molar-refractivity contribution >= 4 is 40.0 Å². The summed E-state index contributed by atoms with van der Waals surface area (Å²) in [6, 6.07) is 20.9. The number of halogens is 2. The molecule has 2 heterocycles. The lowest BCUT2D eigenvalue weighted by Gasteiger charge is -2.42. The molecule has 1 amide bonds. The molecule has 1 fully saturated rings. The van der Waals surface area contributed by atoms with Gasteiger partial charge in [0.05, 0.1) is 27.7 Å². The number of nitrogens with zero attached hydrogens (tertiary/aromatic N) is 2. The van der Waals surface area contributed by atoms with E-state index in [1.807, 2.05) is 61.3 Å². The number of nitrogens with one attached hydrogen (secondary N) is 1. The van der Waals surface area contributed by atoms with Crippen LogP contribution in [0.3, 0.4) is 0 Å². The number of aryl methyl sites for hydroxylation is 2. The van der Waals surface area contributed by atoms with Crippen molar-refractivity contribution < 1.29 is 9.90 Å². The van der Waals surface area contributed by atoms with Crippen LogP contribution in [-0.4, -0.2) is 39.5 Å². The number of likely N-dealkylation sites (tertiary alicyclic amines) is 1. The number of para-hydroxylation sites is 1. The van der Waals surface area contributed by atoms with Crippen LogP contribution >= 0.6 is 23.2 Å². The Morgan fingerprint density at radius 3 is 2.58 bits per heavy atom. The zero-order valence-corrected chi connectivity index (χ0v) is 23.0. The number of amides is 1. The number of benzene rings is 3. The molecule has 3 atom stereocenters. The van der Waals surface area contributed by atoms with Crippen molar-refractivity contribution in [1.29, 1.82) is 0 Å². The topological polar surface area (TPSA) is 65.5 Å². The SMILES string of the molecule is Cc1cc(C)cc(C(=O)N2CC[C@H](NCc3ccnc4ccccc34)C[C@@H]2[C@@H](O)c2ccc(Cl)c(Cl)c2)c1. The fourth-order valence-corrected chi connectivity index (χ4v) is 5.79. The second-order valence-corrected chi connectivity index (χ2v) is 11.0. The van der Waals surface area contributed by atoms with Gasteiger partial charge in [-0.3, -0.25) is 9.78 Å². The van der Waals surface area contributed by atoms with Crippen molar-refractivity contribution in [3.63, 3.8) is 0 Å². The maximum Gasteiger partial charge on any atom is 0.254 e. The van der Waals surface area contributed by atoms with E-state index in [4.69, 9.17) is 23.2 Å². The highest BCUT2D eigenvalue weighted by atomic mass is 35.5. The first-order chi connectivity index (χ1) is 18.3. The van der Waals surface area contributed by atoms with Crippen molar-refractivity contribution in [3.05, 3.63) is 111 Å². The first kappa shape index (κ1) is 26.6. The molecule has 3 aromatic carbocycles. The van der Waals surface area contributed by atoms with Gasteiger partial charge >= 0.3 is 0 Å². The Morgan fingerprint density at radius 2 is 1.82 bits per heavy atom. The van der Waals surface area contributed by atoms with Crippen molar-refractivity contribution in [3.8, 4) is 0 Å². The van der Waals surface area contributed by atoms with Gasteiger partial charge in [-0.25, -0.2) is 0 Å². The molecule has 1 aliphatic heterocycles. The summed E-state index contributed by atoms with van der Waals surface area (Å²) >= 11 is 12.4. The third-order valence-corrected chi connectivity index (χ3v) is 8.08. The quantitative estimate of drug-likeness (QED) is 0.283. The molecule has 196 valence electrons. The molecule has 0 radical (unpaired) electrons. The smallest absolute Gasteiger partial charge is 0.254 e. The molecule has 2 N–H and O–H groups in total. The van der Waals surface area contributed by atoms with Gasteiger partial charge in [0.25, 0.3) is 5.91 Å². The van der Waals surface area contributed by atoms with Crippen LogP contribution in [0.15, 0.2) is 72.9 Å². The first-order valence-electron chi connectivity index (χ1n) is 12.9. The summed E-state index contributed by atoms with van der Waals surface area (Å²) in [5, 5.41) is 17.2. The van der Waals surface area contributed by atoms with E-state index in [9.17, 15) is 9.90 Å². The van der Waals surface area contributed by atoms with Crippen molar-refractivity contribution in [2.75, 3.05) is 6.54 Å². The van der Waals surface area contributed by atoms with Crippen molar-refractivity contribution in [2.24, 2.45) is 0 Å². The fraction of sp³-hybridized carbons (Fsp3) is 0.290. The molecule has 1 saturated heterocycles. The minimum absolute atomic E-state index is 0.0699. The second kappa shape index (κ2) is 11.4. The Balaban J connectivity index is 1.40. The van der Waals surface area contributed by atoms with Crippen LogP contribution in [0.4, 0.5) is 0 Å². The minimum atomic E-state index is -0.911. The van der Waals surface area contributed by atoms with E-state index in [1.54, 1.807) is 18.2 Å². The molecule has 0 unspecified atom stereocenters. The maximum absolute atomic E-state index is 13.7. The van der Waals surface area contributed by atoms with Crippen LogP contribution < -0.4 is 5.32 Å². The Hall–Kier alpha value is -2.96. The highest BCUT2D eigenvalue weighted by Gasteiger charge is 2.37. The van der Waals surface area contributed by atoms with Crippen molar-refractivity contribution in [1.82, 2.24) is 15.2 Å². The Kier molecular flexibility index (Phi) is 8.01. The highest BCUT2D eigenvalue weighted by molar-refractivity contribution is 6.42. The maximum atomic E-state index is 13.7. The number of aliphatic hydroxyl groups is 1. The predicted molar refractivity (Wildman–Crippen MR) is 154 cm³/mol. The monoisotopic (exact) mass is 547 g/mol. The number of carbonyl (C=O) groups is 1. The highest BCUT2D eigenvalue weighted by Crippen LogP contribution is 2.33. The lowest BCUT2D eigenvalue weighted by atomic mass is 9.89. The van der Waals surface area contributed by atoms with Gasteiger partial charge in [-0.15, -0.1) is 0 Å². The van der Waals surface area contributed by atoms with Crippen molar-refractivity contribution in [2.45, 2.75) is 51.4 Å². The number of carbonyl (C=O) groups excluding carboxylic acids is 1. The summed E-state index contributed by atoms with van der Waals surface area (Å²) in [5.74, 6) is -0.0699. The normalized spacial score (nSPS) is 18.5. The van der Waals surface area contributed by atoms with Gasteiger partial charge < -0.3 is 15.3 Å². The number of pyridine rings is 1. The largest absolute Gasteiger partial charge is 0.386 e. The molecule has 0 saturated carbocycles. The third-order valence-electron chi connectivity index (χ3n) is 7.34. The second-order valence-electron chi connectivity index (χ2n) is 10.2. The van der Waals surface area contributed by atoms with Gasteiger partial charge in [-0.1, -0.05) is 64.7 Å². The molecule has 0 bridgehead atoms. The van der Waals surface area contributed by atoms with Crippen LogP contribution in [0.5, 0.6) is 0 Å². The number of aromatic nitrogens is 1. The number of aliphatic hydroxyl groups excluding tert-OH is 1. The Morgan fingerprint density at radius 1 is 1.05 bits per heavy atom. The minimum Gasteiger partial charge on any atom is -0.386 e. The third kappa shape index (κ3) is 5.71. The number of piperidine rings is 1. The van der Waals surface area contributed by atoms with Gasteiger partial charge in [0, 0.05) is 36.3 Å². The molecular formula is C31H31Cl2N3O2. The molecule has 1 aliphatic rings. The molecule has 0 spiro atoms. The zero-order valence-electron chi connectivity index (χ0n) is 21.5. The Bertz CT molecular complexity index is 1450. The molecule has 5 rings (SSSR count). The molecule has 7 heteroatoms. The van der Waals surface area contributed by atoms with Crippen LogP contribution in [0, 0.1) is 13.8 Å². The lowest BCUT2D eigenvalue weighted by molar-refractivity contribution is 0.0144. The van der Waals surface area contributed by atoms with Crippen LogP contribution in [-0.2, 0) is 6.54 Å². The molecule has 4 aromatic rings. The number of rotatable bonds is 6. The van der Waals surface area contributed by atoms with Gasteiger partial charge in [-0.2, -0.15) is 0 Å². The Labute approximate surface area is 233 Å². The molecule has 38 heavy (non-hydrogen) atoms. The van der Waals surface area contributed by atoms with E-state index in [1.165, 1.54) is 5.56 Å². The standard InChI is InChI=1S/C31H31Cl2N3O2/c1-19-13-20(2)15-23(14-19)31(38)36-12-10-24(17-29(36)30(37)21-7-8-26(32)27(33)16-21)35-18-22-9-11-34-28-6-4-3-5-25(22)28/h3-9,11,13-16,24,29-30,35,37H,10,12,17-18H2,1-2H3/t24-,29+,30-/m0/s1. The van der Waals surface area contributed by atoms with Gasteiger partial charge in [0.15, 0.2) is 0 Å². The summed E-state index contributed by atoms with van der Waals surface area (Å²) in [6.45, 7) is 5.19. The molecule has 5 nitrogen and oxygen atoms in total. The number of fused-ring (bicyclic) bond motifs is 1. The van der Waals surface area contributed by atoms with E-state index >= 15 is 0 Å². The van der Waals surface area contributed by atoms with E-state index in [0.29, 0.717) is 40.7 Å². The summed E-state index contributed by atoms with van der Waals surface area (Å²) < 4.78 is 0. The number of hydrogen-bond donors (Lipinski definition) is 2. The average Bonchev–Trinajstić information content (AvgIpc) is 2.92. The number of hydrogen-bond acceptors (Lipinski definition) is 4. The van der Waals surface area contributed by atoms with Crippen LogP contribution in [0.2, 0.25) is 10.0 Å². The summed E-state index contributed by atoms with van der Waals surface area (Å²) in [5.41, 5.74) is 5.50. The first-order valence-corrected chi connectivity index (χ1v) is 13.6. The predicted octanol–water partition coefficient (Wildman–Crippen LogP) is 6.66. The molecular weight excluding hydrogens is 517 g/mol. The van der Waals surface area contributed by atoms with E-state index in [2.05, 4.69) is 22.4 Å². The molecule has 0 aliphatic carbocycles. The lowest BCUT2D eigenvalue weighted by Crippen LogP contribution is -2.53. The van der Waals surface area contributed by atoms with E-state index < -0.39 is 12.1 Å². The average molecular weight is 549 g/mol. The summed E-state index contributed by atoms with van der Waals surface area (Å²) in [6.07, 6.45) is 2.30. The van der Waals surface area contributed by atoms with E-state index in [-0.39, 0.29) is 11.9 Å². The van der Waals surface area contributed by atoms with Gasteiger partial charge in [0.2, 0.25) is 0 Å². The van der Waals surface area contributed by atoms with E-state index in [0.717, 1.165) is 28.5 Å². The summed E-state index contributed by atoms with van der Waals surface area (Å²) in [4.78, 5) is 20.0. The van der Waals surface area contributed by atoms with Crippen LogP contribution in [0.25, 0.3) is 10.9 Å². The summed E-state index contributed by atoms with van der Waals surface area (Å²) in [7, 11) is 0.